The van der Waals surface area contributed by atoms with Gasteiger partial charge in [-0.15, -0.1) is 0 Å². The van der Waals surface area contributed by atoms with E-state index in [-0.39, 0.29) is 45.8 Å². The van der Waals surface area contributed by atoms with Crippen LogP contribution in [0.15, 0.2) is 41.3 Å². The number of hydrogen-bond donors (Lipinski definition) is 3. The molecule has 9 heteroatoms. The molecular weight excluding hydrogens is 428 g/mol. The Morgan fingerprint density at radius 3 is 2.27 bits per heavy atom. The Labute approximate surface area is 181 Å². The molecule has 0 heterocycles. The molecule has 3 N–H and O–H groups in total. The van der Waals surface area contributed by atoms with E-state index in [4.69, 9.17) is 11.6 Å². The lowest BCUT2D eigenvalue weighted by Gasteiger charge is -2.17. The van der Waals surface area contributed by atoms with Gasteiger partial charge in [0.2, 0.25) is 11.8 Å². The van der Waals surface area contributed by atoms with Crippen LogP contribution in [0.1, 0.15) is 38.7 Å². The molecule has 0 aliphatic carbocycles. The van der Waals surface area contributed by atoms with Crippen LogP contribution in [0.2, 0.25) is 5.02 Å². The summed E-state index contributed by atoms with van der Waals surface area (Å²) in [5, 5.41) is 13.9. The van der Waals surface area contributed by atoms with Crippen LogP contribution in [0.25, 0.3) is 0 Å². The number of sulfone groups is 1. The molecule has 0 saturated carbocycles. The predicted octanol–water partition coefficient (Wildman–Crippen LogP) is 4.28. The lowest BCUT2D eigenvalue weighted by molar-refractivity contribution is -0.116. The van der Waals surface area contributed by atoms with E-state index in [0.717, 1.165) is 5.56 Å². The number of nitrogens with one attached hydrogen (secondary N) is 2. The van der Waals surface area contributed by atoms with E-state index in [2.05, 4.69) is 10.6 Å². The van der Waals surface area contributed by atoms with Gasteiger partial charge in [0.15, 0.2) is 9.84 Å². The van der Waals surface area contributed by atoms with E-state index in [1.807, 2.05) is 13.8 Å². The molecule has 0 saturated heterocycles. The van der Waals surface area contributed by atoms with E-state index in [9.17, 15) is 23.1 Å². The summed E-state index contributed by atoms with van der Waals surface area (Å²) in [7, 11) is -3.92. The van der Waals surface area contributed by atoms with Gasteiger partial charge in [0.25, 0.3) is 0 Å². The first-order chi connectivity index (χ1) is 14.1. The first-order valence-corrected chi connectivity index (χ1v) is 11.5. The number of anilines is 2. The van der Waals surface area contributed by atoms with Crippen LogP contribution in [-0.4, -0.2) is 30.6 Å². The number of aromatic hydroxyl groups is 1. The van der Waals surface area contributed by atoms with Gasteiger partial charge in [-0.3, -0.25) is 9.59 Å². The Bertz CT molecular complexity index is 1040. The summed E-state index contributed by atoms with van der Waals surface area (Å²) in [5.74, 6) is -1.34. The van der Waals surface area contributed by atoms with Crippen molar-refractivity contribution in [2.24, 2.45) is 0 Å². The fourth-order valence-electron chi connectivity index (χ4n) is 2.85. The Morgan fingerprint density at radius 2 is 1.70 bits per heavy atom. The number of halogens is 1. The summed E-state index contributed by atoms with van der Waals surface area (Å²) in [6.45, 7) is 5.28. The maximum atomic E-state index is 12.9. The zero-order valence-electron chi connectivity index (χ0n) is 17.0. The van der Waals surface area contributed by atoms with Crippen molar-refractivity contribution in [1.29, 1.82) is 0 Å². The molecule has 0 bridgehead atoms. The van der Waals surface area contributed by atoms with Gasteiger partial charge in [-0.1, -0.05) is 43.1 Å². The normalized spacial score (nSPS) is 12.3. The number of rotatable bonds is 8. The molecular formula is C21H25ClN2O5S. The summed E-state index contributed by atoms with van der Waals surface area (Å²) in [6, 6.07) is 8.73. The van der Waals surface area contributed by atoms with Crippen LogP contribution in [-0.2, 0) is 19.4 Å². The van der Waals surface area contributed by atoms with Crippen LogP contribution in [0.4, 0.5) is 11.4 Å². The van der Waals surface area contributed by atoms with Crippen LogP contribution in [0.5, 0.6) is 5.75 Å². The quantitative estimate of drug-likeness (QED) is 0.517. The van der Waals surface area contributed by atoms with Gasteiger partial charge in [-0.05, 0) is 38.0 Å². The molecule has 2 aromatic rings. The summed E-state index contributed by atoms with van der Waals surface area (Å²) in [6.07, 6.45) is 0.976. The highest BCUT2D eigenvalue weighted by Crippen LogP contribution is 2.34. The van der Waals surface area contributed by atoms with Gasteiger partial charge in [0.1, 0.15) is 11.0 Å². The maximum absolute atomic E-state index is 12.9. The van der Waals surface area contributed by atoms with Gasteiger partial charge in [0.05, 0.1) is 21.3 Å². The average molecular weight is 453 g/mol. The van der Waals surface area contributed by atoms with Crippen LogP contribution < -0.4 is 10.6 Å². The molecule has 1 atom stereocenters. The van der Waals surface area contributed by atoms with Gasteiger partial charge in [-0.25, -0.2) is 8.42 Å². The maximum Gasteiger partial charge on any atom is 0.243 e. The summed E-state index contributed by atoms with van der Waals surface area (Å²) in [4.78, 5) is 24.5. The predicted molar refractivity (Wildman–Crippen MR) is 118 cm³/mol. The third kappa shape index (κ3) is 5.52. The molecule has 0 radical (unpaired) electrons. The zero-order chi connectivity index (χ0) is 22.5. The zero-order valence-corrected chi connectivity index (χ0v) is 18.6. The van der Waals surface area contributed by atoms with Gasteiger partial charge >= 0.3 is 0 Å². The summed E-state index contributed by atoms with van der Waals surface area (Å²) in [5.41, 5.74) is 1.06. The molecule has 0 aromatic heterocycles. The fraction of sp³-hybridized carbons (Fsp3) is 0.333. The van der Waals surface area contributed by atoms with Crippen LogP contribution in [0, 0.1) is 6.92 Å². The molecule has 162 valence electrons. The Kier molecular flexibility index (Phi) is 7.86. The minimum atomic E-state index is -3.92. The number of phenolic OH excluding ortho intramolecular Hbond substituents is 1. The van der Waals surface area contributed by atoms with Crippen molar-refractivity contribution in [1.82, 2.24) is 0 Å². The topological polar surface area (TPSA) is 113 Å². The lowest BCUT2D eigenvalue weighted by atomic mass is 10.2. The smallest absolute Gasteiger partial charge is 0.243 e. The third-order valence-corrected chi connectivity index (χ3v) is 7.02. The first-order valence-electron chi connectivity index (χ1n) is 9.53. The second-order valence-corrected chi connectivity index (χ2v) is 9.43. The number of aryl methyl sites for hydroxylation is 1. The Morgan fingerprint density at radius 1 is 1.07 bits per heavy atom. The van der Waals surface area contributed by atoms with Crippen molar-refractivity contribution < 1.29 is 23.1 Å². The van der Waals surface area contributed by atoms with Crippen LogP contribution in [0.3, 0.4) is 0 Å². The monoisotopic (exact) mass is 452 g/mol. The molecule has 0 fully saturated rings. The highest BCUT2D eigenvalue weighted by molar-refractivity contribution is 7.92. The second kappa shape index (κ2) is 9.95. The SMILES string of the molecule is CCCC(=O)Nc1cc(Cl)c(NC(=O)C(CC)S(=O)(=O)c2ccc(C)cc2)cc1O. The fourth-order valence-corrected chi connectivity index (χ4v) is 4.68. The second-order valence-electron chi connectivity index (χ2n) is 6.89. The highest BCUT2D eigenvalue weighted by Gasteiger charge is 2.33. The molecule has 30 heavy (non-hydrogen) atoms. The molecule has 2 aromatic carbocycles. The molecule has 2 amide bonds. The van der Waals surface area contributed by atoms with Crippen molar-refractivity contribution in [2.75, 3.05) is 10.6 Å². The van der Waals surface area contributed by atoms with E-state index < -0.39 is 21.0 Å². The van der Waals surface area contributed by atoms with Crippen molar-refractivity contribution in [3.05, 3.63) is 47.0 Å². The van der Waals surface area contributed by atoms with Crippen LogP contribution >= 0.6 is 11.6 Å². The highest BCUT2D eigenvalue weighted by atomic mass is 35.5. The number of benzene rings is 2. The first kappa shape index (κ1) is 23.7. The van der Waals surface area contributed by atoms with E-state index in [1.165, 1.54) is 24.3 Å². The third-order valence-electron chi connectivity index (χ3n) is 4.48. The number of phenols is 1. The van der Waals surface area contributed by atoms with E-state index in [0.29, 0.717) is 6.42 Å². The Hall–Kier alpha value is -2.58. The van der Waals surface area contributed by atoms with Crippen molar-refractivity contribution in [3.63, 3.8) is 0 Å². The van der Waals surface area contributed by atoms with Crippen molar-refractivity contribution in [3.8, 4) is 5.75 Å². The van der Waals surface area contributed by atoms with Crippen molar-refractivity contribution in [2.45, 2.75) is 50.2 Å². The van der Waals surface area contributed by atoms with Gasteiger partial charge in [-0.2, -0.15) is 0 Å². The summed E-state index contributed by atoms with van der Waals surface area (Å²) < 4.78 is 25.8. The molecule has 7 nitrogen and oxygen atoms in total. The number of carbonyl (C=O) groups is 2. The van der Waals surface area contributed by atoms with Crippen molar-refractivity contribution >= 4 is 44.6 Å². The minimum Gasteiger partial charge on any atom is -0.506 e. The minimum absolute atomic E-state index is 0.0465. The number of carbonyl (C=O) groups excluding carboxylic acids is 2. The summed E-state index contributed by atoms with van der Waals surface area (Å²) >= 11 is 6.18. The largest absolute Gasteiger partial charge is 0.506 e. The lowest BCUT2D eigenvalue weighted by Crippen LogP contribution is -2.34. The molecule has 0 aliphatic rings. The van der Waals surface area contributed by atoms with Gasteiger partial charge < -0.3 is 15.7 Å². The molecule has 0 aliphatic heterocycles. The van der Waals surface area contributed by atoms with Gasteiger partial charge in [0, 0.05) is 12.5 Å². The number of amides is 2. The Balaban J connectivity index is 2.25. The van der Waals surface area contributed by atoms with E-state index >= 15 is 0 Å². The molecule has 0 spiro atoms. The van der Waals surface area contributed by atoms with E-state index in [1.54, 1.807) is 19.1 Å². The standard InChI is InChI=1S/C21H25ClN2O5S/c1-4-6-20(26)23-17-11-15(22)16(12-18(17)25)24-21(27)19(5-2)30(28,29)14-9-7-13(3)8-10-14/h7-12,19,25H,4-6H2,1-3H3,(H,23,26)(H,24,27). The average Bonchev–Trinajstić information content (AvgIpc) is 2.66. The molecule has 2 rings (SSSR count). The number of hydrogen-bond acceptors (Lipinski definition) is 5. The molecule has 1 unspecified atom stereocenters.